The maximum atomic E-state index is 12.9. The molecule has 10 heteroatoms. The fraction of sp³-hybridized carbons (Fsp3) is 0.333. The fourth-order valence-corrected chi connectivity index (χ4v) is 5.17. The number of nitrogens with one attached hydrogen (secondary N) is 1. The van der Waals surface area contributed by atoms with Gasteiger partial charge in [-0.05, 0) is 36.8 Å². The van der Waals surface area contributed by atoms with Crippen molar-refractivity contribution in [3.05, 3.63) is 72.8 Å². The second kappa shape index (κ2) is 10.7. The van der Waals surface area contributed by atoms with Crippen molar-refractivity contribution >= 4 is 27.3 Å². The quantitative estimate of drug-likeness (QED) is 0.502. The van der Waals surface area contributed by atoms with Crippen LogP contribution < -0.4 is 15.0 Å². The smallest absolute Gasteiger partial charge is 0.241 e. The molecule has 0 bridgehead atoms. The first-order valence-electron chi connectivity index (χ1n) is 11.2. The van der Waals surface area contributed by atoms with Gasteiger partial charge in [-0.1, -0.05) is 24.3 Å². The van der Waals surface area contributed by atoms with Crippen LogP contribution in [0.15, 0.2) is 67.3 Å². The van der Waals surface area contributed by atoms with E-state index in [1.165, 1.54) is 4.31 Å². The van der Waals surface area contributed by atoms with Crippen LogP contribution in [0.4, 0.5) is 11.4 Å². The van der Waals surface area contributed by atoms with Crippen LogP contribution in [0.1, 0.15) is 5.56 Å². The van der Waals surface area contributed by atoms with Crippen molar-refractivity contribution in [3.63, 3.8) is 0 Å². The Balaban J connectivity index is 1.30. The number of rotatable bonds is 9. The van der Waals surface area contributed by atoms with E-state index in [4.69, 9.17) is 4.74 Å². The molecule has 2 heterocycles. The molecule has 0 spiro atoms. The Morgan fingerprint density at radius 3 is 2.62 bits per heavy atom. The van der Waals surface area contributed by atoms with Crippen molar-refractivity contribution in [1.29, 1.82) is 0 Å². The molecular formula is C24H29N5O4S. The molecule has 34 heavy (non-hydrogen) atoms. The Morgan fingerprint density at radius 1 is 1.09 bits per heavy atom. The topological polar surface area (TPSA) is 96.8 Å². The number of hydrogen-bond acceptors (Lipinski definition) is 6. The van der Waals surface area contributed by atoms with Gasteiger partial charge in [-0.25, -0.2) is 13.4 Å². The first-order valence-corrected chi connectivity index (χ1v) is 12.8. The van der Waals surface area contributed by atoms with Gasteiger partial charge in [-0.2, -0.15) is 4.31 Å². The van der Waals surface area contributed by atoms with E-state index in [0.29, 0.717) is 50.8 Å². The molecule has 0 saturated carbocycles. The summed E-state index contributed by atoms with van der Waals surface area (Å²) in [5, 5.41) is 2.69. The van der Waals surface area contributed by atoms with Gasteiger partial charge in [0.05, 0.1) is 18.6 Å². The van der Waals surface area contributed by atoms with Crippen LogP contribution in [0.2, 0.25) is 0 Å². The van der Waals surface area contributed by atoms with Gasteiger partial charge in [0.1, 0.15) is 18.1 Å². The highest BCUT2D eigenvalue weighted by atomic mass is 32.2. The Kier molecular flexibility index (Phi) is 7.49. The maximum absolute atomic E-state index is 12.9. The number of benzene rings is 2. The van der Waals surface area contributed by atoms with Crippen molar-refractivity contribution < 1.29 is 17.9 Å². The number of sulfonamides is 1. The highest BCUT2D eigenvalue weighted by Gasteiger charge is 2.29. The lowest BCUT2D eigenvalue weighted by Crippen LogP contribution is -2.50. The lowest BCUT2D eigenvalue weighted by Gasteiger charge is -2.35. The van der Waals surface area contributed by atoms with E-state index in [-0.39, 0.29) is 0 Å². The minimum absolute atomic E-state index is 0.345. The number of imidazole rings is 1. The van der Waals surface area contributed by atoms with Crippen molar-refractivity contribution in [2.45, 2.75) is 13.5 Å². The van der Waals surface area contributed by atoms with E-state index in [9.17, 15) is 13.2 Å². The second-order valence-corrected chi connectivity index (χ2v) is 10.1. The fourth-order valence-electron chi connectivity index (χ4n) is 3.87. The summed E-state index contributed by atoms with van der Waals surface area (Å²) < 4.78 is 34.8. The molecule has 1 amide bonds. The molecule has 1 aliphatic rings. The molecule has 1 saturated heterocycles. The molecular weight excluding hydrogens is 454 g/mol. The van der Waals surface area contributed by atoms with E-state index in [2.05, 4.69) is 21.3 Å². The molecule has 3 aromatic rings. The highest BCUT2D eigenvalue weighted by Crippen LogP contribution is 2.24. The monoisotopic (exact) mass is 483 g/mol. The van der Waals surface area contributed by atoms with E-state index >= 15 is 0 Å². The molecule has 9 nitrogen and oxygen atoms in total. The van der Waals surface area contributed by atoms with Crippen molar-refractivity contribution in [2.75, 3.05) is 48.8 Å². The third kappa shape index (κ3) is 6.15. The molecule has 180 valence electrons. The summed E-state index contributed by atoms with van der Waals surface area (Å²) in [4.78, 5) is 18.8. The zero-order valence-corrected chi connectivity index (χ0v) is 19.9. The number of aryl methyl sites for hydroxylation is 1. The first-order chi connectivity index (χ1) is 16.4. The Morgan fingerprint density at radius 2 is 1.88 bits per heavy atom. The first kappa shape index (κ1) is 23.8. The minimum atomic E-state index is -3.73. The van der Waals surface area contributed by atoms with Crippen LogP contribution in [0.3, 0.4) is 0 Å². The van der Waals surface area contributed by atoms with Crippen LogP contribution >= 0.6 is 0 Å². The molecule has 2 aromatic carbocycles. The van der Waals surface area contributed by atoms with E-state index in [0.717, 1.165) is 11.3 Å². The van der Waals surface area contributed by atoms with Gasteiger partial charge in [0.2, 0.25) is 15.9 Å². The zero-order chi connectivity index (χ0) is 24.0. The molecule has 4 rings (SSSR count). The Labute approximate surface area is 200 Å². The molecule has 1 aromatic heterocycles. The van der Waals surface area contributed by atoms with Gasteiger partial charge in [-0.3, -0.25) is 4.79 Å². The summed E-state index contributed by atoms with van der Waals surface area (Å²) in [6, 6.07) is 15.1. The summed E-state index contributed by atoms with van der Waals surface area (Å²) in [5.74, 6) is -0.715. The van der Waals surface area contributed by atoms with Gasteiger partial charge in [0, 0.05) is 44.3 Å². The number of carbonyl (C=O) groups is 1. The van der Waals surface area contributed by atoms with Crippen LogP contribution in [0, 0.1) is 6.92 Å². The molecule has 0 unspecified atom stereocenters. The molecule has 0 aliphatic carbocycles. The van der Waals surface area contributed by atoms with Gasteiger partial charge in [0.25, 0.3) is 0 Å². The summed E-state index contributed by atoms with van der Waals surface area (Å²) in [6.45, 7) is 4.87. The van der Waals surface area contributed by atoms with Crippen molar-refractivity contribution in [3.8, 4) is 5.75 Å². The van der Waals surface area contributed by atoms with Gasteiger partial charge < -0.3 is 19.5 Å². The summed E-state index contributed by atoms with van der Waals surface area (Å²) in [6.07, 6.45) is 5.22. The van der Waals surface area contributed by atoms with Gasteiger partial charge in [0.15, 0.2) is 0 Å². The summed E-state index contributed by atoms with van der Waals surface area (Å²) in [5.41, 5.74) is 2.69. The largest absolute Gasteiger partial charge is 0.490 e. The number of aromatic nitrogens is 2. The average molecular weight is 484 g/mol. The SMILES string of the molecule is Cc1cccc(N2CCN(S(=O)(=O)CC(=O)Nc3ccccc3OCCn3ccnc3)CC2)c1. The number of ether oxygens (including phenoxy) is 1. The Bertz CT molecular complexity index is 1210. The molecule has 0 radical (unpaired) electrons. The van der Waals surface area contributed by atoms with Crippen LogP contribution in [0.5, 0.6) is 5.75 Å². The van der Waals surface area contributed by atoms with E-state index < -0.39 is 21.7 Å². The molecule has 1 aliphatic heterocycles. The third-order valence-electron chi connectivity index (χ3n) is 5.64. The number of nitrogens with zero attached hydrogens (tertiary/aromatic N) is 4. The average Bonchev–Trinajstić information content (AvgIpc) is 3.33. The third-order valence-corrected chi connectivity index (χ3v) is 7.42. The lowest BCUT2D eigenvalue weighted by molar-refractivity contribution is -0.114. The van der Waals surface area contributed by atoms with Crippen LogP contribution in [-0.4, -0.2) is 66.7 Å². The zero-order valence-electron chi connectivity index (χ0n) is 19.1. The number of para-hydroxylation sites is 2. The highest BCUT2D eigenvalue weighted by molar-refractivity contribution is 7.89. The van der Waals surface area contributed by atoms with E-state index in [1.807, 2.05) is 35.9 Å². The predicted octanol–water partition coefficient (Wildman–Crippen LogP) is 2.36. The lowest BCUT2D eigenvalue weighted by atomic mass is 10.2. The van der Waals surface area contributed by atoms with Crippen molar-refractivity contribution in [1.82, 2.24) is 13.9 Å². The molecule has 0 atom stereocenters. The standard InChI is InChI=1S/C24H29N5O4S/c1-20-5-4-6-21(17-20)28-11-13-29(14-12-28)34(31,32)18-24(30)26-22-7-2-3-8-23(22)33-16-15-27-10-9-25-19-27/h2-10,17,19H,11-16,18H2,1H3,(H,26,30). The number of piperazine rings is 1. The number of carbonyl (C=O) groups excluding carboxylic acids is 1. The normalized spacial score (nSPS) is 14.7. The minimum Gasteiger partial charge on any atom is -0.490 e. The maximum Gasteiger partial charge on any atom is 0.241 e. The van der Waals surface area contributed by atoms with Gasteiger partial charge in [-0.15, -0.1) is 0 Å². The predicted molar refractivity (Wildman–Crippen MR) is 132 cm³/mol. The summed E-state index contributed by atoms with van der Waals surface area (Å²) in [7, 11) is -3.73. The molecule has 1 N–H and O–H groups in total. The Hall–Kier alpha value is -3.37. The van der Waals surface area contributed by atoms with Crippen LogP contribution in [0.25, 0.3) is 0 Å². The van der Waals surface area contributed by atoms with Crippen LogP contribution in [-0.2, 0) is 21.4 Å². The van der Waals surface area contributed by atoms with E-state index in [1.54, 1.807) is 36.8 Å². The number of amides is 1. The summed E-state index contributed by atoms with van der Waals surface area (Å²) >= 11 is 0. The number of hydrogen-bond donors (Lipinski definition) is 1. The van der Waals surface area contributed by atoms with Crippen molar-refractivity contribution in [2.24, 2.45) is 0 Å². The van der Waals surface area contributed by atoms with Gasteiger partial charge >= 0.3 is 0 Å². The number of anilines is 2. The molecule has 1 fully saturated rings. The second-order valence-electron chi connectivity index (χ2n) is 8.17.